The molecule has 0 aliphatic heterocycles. The fourth-order valence-electron chi connectivity index (χ4n) is 3.28. The molecule has 2 aromatic heterocycles. The number of methoxy groups -OCH3 is 2. The van der Waals surface area contributed by atoms with Crippen molar-refractivity contribution in [3.05, 3.63) is 54.7 Å². The van der Waals surface area contributed by atoms with E-state index in [0.29, 0.717) is 11.2 Å². The van der Waals surface area contributed by atoms with Gasteiger partial charge in [0.25, 0.3) is 5.91 Å². The van der Waals surface area contributed by atoms with E-state index in [1.807, 2.05) is 23.5 Å². The van der Waals surface area contributed by atoms with Crippen LogP contribution in [0.3, 0.4) is 0 Å². The molecule has 2 aromatic carbocycles. The predicted molar refractivity (Wildman–Crippen MR) is 108 cm³/mol. The van der Waals surface area contributed by atoms with Gasteiger partial charge in [-0.3, -0.25) is 9.36 Å². The molecule has 1 N–H and O–H groups in total. The molecule has 8 nitrogen and oxygen atoms in total. The molecule has 166 valence electrons. The van der Waals surface area contributed by atoms with E-state index in [2.05, 4.69) is 10.1 Å². The minimum Gasteiger partial charge on any atom is -0.496 e. The molecule has 0 aliphatic carbocycles. The summed E-state index contributed by atoms with van der Waals surface area (Å²) >= 11 is 0. The second kappa shape index (κ2) is 8.25. The number of benzene rings is 2. The molecule has 11 heteroatoms. The molecule has 0 fully saturated rings. The van der Waals surface area contributed by atoms with Crippen molar-refractivity contribution in [1.29, 1.82) is 0 Å². The molecule has 0 unspecified atom stereocenters. The van der Waals surface area contributed by atoms with Gasteiger partial charge in [0, 0.05) is 17.7 Å². The molecule has 4 rings (SSSR count). The van der Waals surface area contributed by atoms with Crippen molar-refractivity contribution >= 4 is 16.9 Å². The lowest BCUT2D eigenvalue weighted by atomic mass is 10.1. The lowest BCUT2D eigenvalue weighted by molar-refractivity contribution is -0.123. The summed E-state index contributed by atoms with van der Waals surface area (Å²) in [5.74, 6) is -0.847. The zero-order valence-electron chi connectivity index (χ0n) is 16.9. The third-order valence-electron chi connectivity index (χ3n) is 4.76. The summed E-state index contributed by atoms with van der Waals surface area (Å²) in [5.41, 5.74) is 3.53. The number of nitrogens with one attached hydrogen (secondary N) is 1. The Morgan fingerprint density at radius 2 is 1.84 bits per heavy atom. The summed E-state index contributed by atoms with van der Waals surface area (Å²) in [6, 6.07) is 8.65. The number of amides is 1. The molecular weight excluding hydrogens is 429 g/mol. The Hall–Kier alpha value is -4.02. The Bertz CT molecular complexity index is 1240. The van der Waals surface area contributed by atoms with Gasteiger partial charge in [0.2, 0.25) is 0 Å². The quantitative estimate of drug-likeness (QED) is 0.482. The van der Waals surface area contributed by atoms with Crippen molar-refractivity contribution < 1.29 is 32.0 Å². The summed E-state index contributed by atoms with van der Waals surface area (Å²) in [5, 5.41) is 5.53. The summed E-state index contributed by atoms with van der Waals surface area (Å²) in [6.45, 7) is -1.47. The molecular formula is C21H17F3N4O4. The number of ether oxygens (including phenoxy) is 2. The van der Waals surface area contributed by atoms with Crippen molar-refractivity contribution in [2.45, 2.75) is 6.18 Å². The van der Waals surface area contributed by atoms with E-state index in [9.17, 15) is 18.0 Å². The molecule has 0 spiro atoms. The second-order valence-corrected chi connectivity index (χ2v) is 6.75. The molecule has 0 atom stereocenters. The third-order valence-corrected chi connectivity index (χ3v) is 4.76. The van der Waals surface area contributed by atoms with Crippen molar-refractivity contribution in [2.24, 2.45) is 0 Å². The van der Waals surface area contributed by atoms with Gasteiger partial charge in [-0.1, -0.05) is 11.2 Å². The predicted octanol–water partition coefficient (Wildman–Crippen LogP) is 3.99. The highest BCUT2D eigenvalue weighted by atomic mass is 19.4. The van der Waals surface area contributed by atoms with Gasteiger partial charge >= 0.3 is 6.18 Å². The first-order valence-electron chi connectivity index (χ1n) is 9.29. The van der Waals surface area contributed by atoms with Gasteiger partial charge in [-0.15, -0.1) is 0 Å². The topological polar surface area (TPSA) is 91.4 Å². The van der Waals surface area contributed by atoms with Crippen molar-refractivity contribution in [2.75, 3.05) is 20.8 Å². The minimum atomic E-state index is -4.54. The van der Waals surface area contributed by atoms with Crippen LogP contribution in [0.5, 0.6) is 11.5 Å². The Balaban J connectivity index is 1.74. The number of alkyl halides is 3. The Morgan fingerprint density at radius 3 is 2.44 bits per heavy atom. The Kier molecular flexibility index (Phi) is 5.47. The molecule has 0 saturated heterocycles. The maximum absolute atomic E-state index is 12.5. The van der Waals surface area contributed by atoms with E-state index in [1.54, 1.807) is 17.1 Å². The fourth-order valence-corrected chi connectivity index (χ4v) is 3.28. The number of carbonyl (C=O) groups is 1. The van der Waals surface area contributed by atoms with Gasteiger partial charge in [0.05, 0.1) is 37.1 Å². The fraction of sp³-hybridized carbons (Fsp3) is 0.190. The molecule has 0 saturated carbocycles. The van der Waals surface area contributed by atoms with E-state index >= 15 is 0 Å². The van der Waals surface area contributed by atoms with Gasteiger partial charge < -0.3 is 19.3 Å². The maximum atomic E-state index is 12.5. The second-order valence-electron chi connectivity index (χ2n) is 6.75. The van der Waals surface area contributed by atoms with Gasteiger partial charge in [0.1, 0.15) is 36.2 Å². The van der Waals surface area contributed by atoms with Gasteiger partial charge in [-0.2, -0.15) is 13.2 Å². The average Bonchev–Trinajstić information content (AvgIpc) is 3.45. The van der Waals surface area contributed by atoms with Crippen LogP contribution in [0, 0.1) is 0 Å². The SMILES string of the molecule is COc1cc(-n2cnc3cc(-c4cnoc4)ccc32)cc(OC)c1C(=O)NCC(F)(F)F. The summed E-state index contributed by atoms with van der Waals surface area (Å²) in [7, 11) is 2.63. The van der Waals surface area contributed by atoms with E-state index in [1.165, 1.54) is 32.6 Å². The van der Waals surface area contributed by atoms with Crippen LogP contribution in [0.25, 0.3) is 27.8 Å². The number of rotatable bonds is 6. The van der Waals surface area contributed by atoms with Crippen molar-refractivity contribution in [3.63, 3.8) is 0 Å². The van der Waals surface area contributed by atoms with Crippen LogP contribution in [0.4, 0.5) is 13.2 Å². The normalized spacial score (nSPS) is 11.5. The number of hydrogen-bond acceptors (Lipinski definition) is 6. The van der Waals surface area contributed by atoms with Crippen LogP contribution in [0.15, 0.2) is 53.6 Å². The van der Waals surface area contributed by atoms with E-state index in [-0.39, 0.29) is 17.1 Å². The highest BCUT2D eigenvalue weighted by molar-refractivity contribution is 6.00. The number of nitrogens with zero attached hydrogens (tertiary/aromatic N) is 3. The van der Waals surface area contributed by atoms with Crippen LogP contribution >= 0.6 is 0 Å². The molecule has 2 heterocycles. The highest BCUT2D eigenvalue weighted by Gasteiger charge is 2.30. The average molecular weight is 446 g/mol. The number of halogens is 3. The monoisotopic (exact) mass is 446 g/mol. The van der Waals surface area contributed by atoms with Gasteiger partial charge in [-0.05, 0) is 17.7 Å². The van der Waals surface area contributed by atoms with Crippen molar-refractivity contribution in [3.8, 4) is 28.3 Å². The zero-order chi connectivity index (χ0) is 22.9. The van der Waals surface area contributed by atoms with E-state index in [4.69, 9.17) is 14.0 Å². The molecule has 32 heavy (non-hydrogen) atoms. The van der Waals surface area contributed by atoms with Crippen LogP contribution in [-0.2, 0) is 0 Å². The van der Waals surface area contributed by atoms with Crippen LogP contribution < -0.4 is 14.8 Å². The van der Waals surface area contributed by atoms with Crippen LogP contribution in [-0.4, -0.2) is 47.6 Å². The number of imidazole rings is 1. The standard InChI is InChI=1S/C21H17F3N4O4/c1-30-17-6-14(7-18(31-2)19(17)20(29)25-10-21(22,23)24)28-11-26-15-5-12(3-4-16(15)28)13-8-27-32-9-13/h3-9,11H,10H2,1-2H3,(H,25,29). The number of carbonyl (C=O) groups excluding carboxylic acids is 1. The Morgan fingerprint density at radius 1 is 1.12 bits per heavy atom. The summed E-state index contributed by atoms with van der Waals surface area (Å²) in [4.78, 5) is 16.8. The maximum Gasteiger partial charge on any atom is 0.405 e. The van der Waals surface area contributed by atoms with E-state index < -0.39 is 18.6 Å². The summed E-state index contributed by atoms with van der Waals surface area (Å²) < 4.78 is 54.7. The van der Waals surface area contributed by atoms with Crippen LogP contribution in [0.2, 0.25) is 0 Å². The number of fused-ring (bicyclic) bond motifs is 1. The molecule has 0 aliphatic rings. The number of hydrogen-bond donors (Lipinski definition) is 1. The first-order chi connectivity index (χ1) is 15.3. The summed E-state index contributed by atoms with van der Waals surface area (Å²) in [6.07, 6.45) is 0.156. The molecule has 0 bridgehead atoms. The molecule has 1 amide bonds. The number of aromatic nitrogens is 3. The van der Waals surface area contributed by atoms with Gasteiger partial charge in [-0.25, -0.2) is 4.98 Å². The van der Waals surface area contributed by atoms with Crippen LogP contribution in [0.1, 0.15) is 10.4 Å². The minimum absolute atomic E-state index is 0.0574. The molecule has 4 aromatic rings. The molecule has 0 radical (unpaired) electrons. The third kappa shape index (κ3) is 4.09. The Labute approximate surface area is 179 Å². The van der Waals surface area contributed by atoms with Crippen molar-refractivity contribution in [1.82, 2.24) is 20.0 Å². The smallest absolute Gasteiger partial charge is 0.405 e. The lowest BCUT2D eigenvalue weighted by Crippen LogP contribution is -2.34. The van der Waals surface area contributed by atoms with Gasteiger partial charge in [0.15, 0.2) is 0 Å². The van der Waals surface area contributed by atoms with E-state index in [0.717, 1.165) is 16.6 Å². The lowest BCUT2D eigenvalue weighted by Gasteiger charge is -2.16. The largest absolute Gasteiger partial charge is 0.496 e. The first-order valence-corrected chi connectivity index (χ1v) is 9.29. The zero-order valence-corrected chi connectivity index (χ0v) is 16.9. The first kappa shape index (κ1) is 21.2. The highest BCUT2D eigenvalue weighted by Crippen LogP contribution is 2.34.